The van der Waals surface area contributed by atoms with Crippen molar-refractivity contribution in [1.82, 2.24) is 4.98 Å². The first kappa shape index (κ1) is 9.50. The summed E-state index contributed by atoms with van der Waals surface area (Å²) in [6, 6.07) is 10.2. The molecule has 0 atom stereocenters. The summed E-state index contributed by atoms with van der Waals surface area (Å²) in [7, 11) is 0. The molecule has 3 heteroatoms. The van der Waals surface area contributed by atoms with Crippen molar-refractivity contribution in [2.24, 2.45) is 0 Å². The highest BCUT2D eigenvalue weighted by molar-refractivity contribution is 6.43. The highest BCUT2D eigenvalue weighted by Gasteiger charge is 2.05. The second kappa shape index (κ2) is 3.99. The van der Waals surface area contributed by atoms with Gasteiger partial charge in [0.1, 0.15) is 0 Å². The molecule has 0 saturated heterocycles. The van der Waals surface area contributed by atoms with Crippen LogP contribution in [0, 0.1) is 6.07 Å². The van der Waals surface area contributed by atoms with Gasteiger partial charge in [0.2, 0.25) is 0 Å². The fourth-order valence-corrected chi connectivity index (χ4v) is 1.61. The fourth-order valence-electron chi connectivity index (χ4n) is 1.20. The maximum atomic E-state index is 6.05. The summed E-state index contributed by atoms with van der Waals surface area (Å²) in [6.45, 7) is 0. The maximum absolute atomic E-state index is 6.05. The minimum absolute atomic E-state index is 0.549. The first-order valence-corrected chi connectivity index (χ1v) is 4.80. The van der Waals surface area contributed by atoms with Crippen LogP contribution in [0.4, 0.5) is 0 Å². The third kappa shape index (κ3) is 1.74. The van der Waals surface area contributed by atoms with Crippen LogP contribution in [0.5, 0.6) is 0 Å². The number of hydrogen-bond acceptors (Lipinski definition) is 1. The second-order valence-electron chi connectivity index (χ2n) is 2.77. The number of rotatable bonds is 1. The summed E-state index contributed by atoms with van der Waals surface area (Å²) in [5.74, 6) is 0. The Morgan fingerprint density at radius 2 is 2.07 bits per heavy atom. The molecule has 0 N–H and O–H groups in total. The molecule has 2 aromatic rings. The first-order valence-electron chi connectivity index (χ1n) is 4.04. The molecule has 69 valence electrons. The van der Waals surface area contributed by atoms with Crippen molar-refractivity contribution in [1.29, 1.82) is 0 Å². The number of benzene rings is 1. The summed E-state index contributed by atoms with van der Waals surface area (Å²) in [5.41, 5.74) is 1.79. The Morgan fingerprint density at radius 3 is 2.79 bits per heavy atom. The summed E-state index contributed by atoms with van der Waals surface area (Å²) in [6.07, 6.45) is 3.33. The average molecular weight is 223 g/mol. The molecule has 0 saturated carbocycles. The second-order valence-corrected chi connectivity index (χ2v) is 3.56. The Labute approximate surface area is 92.3 Å². The molecule has 1 heterocycles. The lowest BCUT2D eigenvalue weighted by atomic mass is 10.1. The van der Waals surface area contributed by atoms with E-state index in [1.54, 1.807) is 18.5 Å². The van der Waals surface area contributed by atoms with Crippen molar-refractivity contribution in [2.45, 2.75) is 0 Å². The molecule has 1 nitrogen and oxygen atoms in total. The fraction of sp³-hybridized carbons (Fsp3) is 0. The number of hydrogen-bond donors (Lipinski definition) is 0. The van der Waals surface area contributed by atoms with Crippen molar-refractivity contribution in [2.75, 3.05) is 0 Å². The van der Waals surface area contributed by atoms with Crippen molar-refractivity contribution < 1.29 is 0 Å². The van der Waals surface area contributed by atoms with Gasteiger partial charge in [-0.1, -0.05) is 35.3 Å². The molecule has 0 bridgehead atoms. The predicted molar refractivity (Wildman–Crippen MR) is 58.5 cm³/mol. The van der Waals surface area contributed by atoms with E-state index in [4.69, 9.17) is 23.2 Å². The topological polar surface area (TPSA) is 12.9 Å². The minimum Gasteiger partial charge on any atom is -0.263 e. The van der Waals surface area contributed by atoms with Crippen LogP contribution in [0.25, 0.3) is 11.1 Å². The standard InChI is InChI=1S/C11H6Cl2N/c12-10-5-1-4-9(11(10)13)8-3-2-6-14-7-8/h1,3-7H. The SMILES string of the molecule is Clc1cccc(-c2c[c]cnc2)c1Cl. The molecule has 0 aliphatic heterocycles. The van der Waals surface area contributed by atoms with E-state index < -0.39 is 0 Å². The van der Waals surface area contributed by atoms with Gasteiger partial charge >= 0.3 is 0 Å². The Kier molecular flexibility index (Phi) is 2.71. The van der Waals surface area contributed by atoms with Crippen molar-refractivity contribution >= 4 is 23.2 Å². The minimum atomic E-state index is 0.549. The maximum Gasteiger partial charge on any atom is 0.0671 e. The van der Waals surface area contributed by atoms with Gasteiger partial charge in [-0.25, -0.2) is 0 Å². The van der Waals surface area contributed by atoms with Gasteiger partial charge in [-0.05, 0) is 12.1 Å². The van der Waals surface area contributed by atoms with E-state index >= 15 is 0 Å². The van der Waals surface area contributed by atoms with Gasteiger partial charge in [0, 0.05) is 29.6 Å². The normalized spacial score (nSPS) is 10.1. The van der Waals surface area contributed by atoms with Gasteiger partial charge in [0.05, 0.1) is 10.0 Å². The lowest BCUT2D eigenvalue weighted by molar-refractivity contribution is 1.32. The molecular formula is C11H6Cl2N. The van der Waals surface area contributed by atoms with Gasteiger partial charge in [-0.2, -0.15) is 0 Å². The van der Waals surface area contributed by atoms with Crippen LogP contribution in [0.3, 0.4) is 0 Å². The van der Waals surface area contributed by atoms with Crippen LogP contribution in [0.1, 0.15) is 0 Å². The van der Waals surface area contributed by atoms with Crippen LogP contribution >= 0.6 is 23.2 Å². The van der Waals surface area contributed by atoms with E-state index in [2.05, 4.69) is 11.1 Å². The zero-order valence-corrected chi connectivity index (χ0v) is 8.68. The van der Waals surface area contributed by atoms with Crippen LogP contribution < -0.4 is 0 Å². The number of nitrogens with zero attached hydrogens (tertiary/aromatic N) is 1. The van der Waals surface area contributed by atoms with E-state index in [1.165, 1.54) is 0 Å². The Hall–Kier alpha value is -1.05. The third-order valence-electron chi connectivity index (χ3n) is 1.86. The van der Waals surface area contributed by atoms with Gasteiger partial charge in [-0.15, -0.1) is 0 Å². The lowest BCUT2D eigenvalue weighted by Crippen LogP contribution is -1.81. The molecular weight excluding hydrogens is 217 g/mol. The average Bonchev–Trinajstić information content (AvgIpc) is 2.23. The van der Waals surface area contributed by atoms with Crippen molar-refractivity contribution in [3.63, 3.8) is 0 Å². The third-order valence-corrected chi connectivity index (χ3v) is 2.68. The highest BCUT2D eigenvalue weighted by atomic mass is 35.5. The Morgan fingerprint density at radius 1 is 1.21 bits per heavy atom. The molecule has 0 unspecified atom stereocenters. The summed E-state index contributed by atoms with van der Waals surface area (Å²) in [4.78, 5) is 3.97. The van der Waals surface area contributed by atoms with E-state index in [1.807, 2.05) is 18.2 Å². The largest absolute Gasteiger partial charge is 0.263 e. The molecule has 14 heavy (non-hydrogen) atoms. The number of halogens is 2. The quantitative estimate of drug-likeness (QED) is 0.715. The van der Waals surface area contributed by atoms with E-state index in [0.717, 1.165) is 11.1 Å². The van der Waals surface area contributed by atoms with Crippen LogP contribution in [0.2, 0.25) is 10.0 Å². The predicted octanol–water partition coefficient (Wildman–Crippen LogP) is 3.86. The van der Waals surface area contributed by atoms with Crippen LogP contribution in [-0.4, -0.2) is 4.98 Å². The molecule has 1 radical (unpaired) electrons. The highest BCUT2D eigenvalue weighted by Crippen LogP contribution is 2.32. The van der Waals surface area contributed by atoms with Crippen LogP contribution in [0.15, 0.2) is 36.7 Å². The van der Waals surface area contributed by atoms with Gasteiger partial charge in [-0.3, -0.25) is 4.98 Å². The first-order chi connectivity index (χ1) is 6.79. The molecule has 0 amide bonds. The zero-order valence-electron chi connectivity index (χ0n) is 7.17. The lowest BCUT2D eigenvalue weighted by Gasteiger charge is -2.04. The molecule has 0 fully saturated rings. The molecule has 2 rings (SSSR count). The Balaban J connectivity index is 2.58. The van der Waals surface area contributed by atoms with Crippen molar-refractivity contribution in [3.05, 3.63) is 52.8 Å². The molecule has 0 spiro atoms. The monoisotopic (exact) mass is 222 g/mol. The summed E-state index contributed by atoms with van der Waals surface area (Å²) >= 11 is 12.0. The smallest absolute Gasteiger partial charge is 0.0671 e. The van der Waals surface area contributed by atoms with E-state index in [9.17, 15) is 0 Å². The number of pyridine rings is 1. The van der Waals surface area contributed by atoms with E-state index in [-0.39, 0.29) is 0 Å². The van der Waals surface area contributed by atoms with Crippen molar-refractivity contribution in [3.8, 4) is 11.1 Å². The van der Waals surface area contributed by atoms with Crippen LogP contribution in [-0.2, 0) is 0 Å². The Bertz CT molecular complexity index is 440. The molecule has 1 aromatic heterocycles. The summed E-state index contributed by atoms with van der Waals surface area (Å²) < 4.78 is 0. The van der Waals surface area contributed by atoms with Gasteiger partial charge < -0.3 is 0 Å². The summed E-state index contributed by atoms with van der Waals surface area (Å²) in [5, 5.41) is 1.10. The van der Waals surface area contributed by atoms with Gasteiger partial charge in [0.25, 0.3) is 0 Å². The van der Waals surface area contributed by atoms with E-state index in [0.29, 0.717) is 10.0 Å². The molecule has 0 aliphatic carbocycles. The van der Waals surface area contributed by atoms with Gasteiger partial charge in [0.15, 0.2) is 0 Å². The number of aromatic nitrogens is 1. The molecule has 1 aromatic carbocycles. The zero-order chi connectivity index (χ0) is 9.97. The molecule has 0 aliphatic rings.